The van der Waals surface area contributed by atoms with E-state index in [0.717, 1.165) is 25.3 Å². The van der Waals surface area contributed by atoms with Crippen molar-refractivity contribution < 1.29 is 0 Å². The van der Waals surface area contributed by atoms with E-state index >= 15 is 0 Å². The molecule has 1 heterocycles. The number of nitrogens with one attached hydrogen (secondary N) is 2. The van der Waals surface area contributed by atoms with Crippen LogP contribution in [0.25, 0.3) is 0 Å². The van der Waals surface area contributed by atoms with Gasteiger partial charge in [-0.25, -0.2) is 0 Å². The first-order chi connectivity index (χ1) is 8.41. The molecule has 0 radical (unpaired) electrons. The molecule has 0 aliphatic carbocycles. The maximum absolute atomic E-state index is 4.74. The van der Waals surface area contributed by atoms with Crippen molar-refractivity contribution in [2.24, 2.45) is 15.8 Å². The highest BCUT2D eigenvalue weighted by molar-refractivity contribution is 5.89. The number of hydrogen-bond donors (Lipinski definition) is 2. The summed E-state index contributed by atoms with van der Waals surface area (Å²) in [6, 6.07) is 0.320. The summed E-state index contributed by atoms with van der Waals surface area (Å²) in [6.07, 6.45) is 1.12. The lowest BCUT2D eigenvalue weighted by Crippen LogP contribution is -2.59. The van der Waals surface area contributed by atoms with E-state index in [2.05, 4.69) is 66.0 Å². The number of halogens is 1. The second-order valence-electron chi connectivity index (χ2n) is 8.77. The van der Waals surface area contributed by atoms with Gasteiger partial charge in [-0.15, -0.1) is 12.4 Å². The molecule has 120 valence electrons. The van der Waals surface area contributed by atoms with Gasteiger partial charge in [0.15, 0.2) is 0 Å². The summed E-state index contributed by atoms with van der Waals surface area (Å²) in [5.41, 5.74) is 0.569. The molecule has 0 saturated heterocycles. The smallest absolute Gasteiger partial charge is 0.115 e. The molecule has 3 nitrogen and oxygen atoms in total. The lowest BCUT2D eigenvalue weighted by molar-refractivity contribution is 0.255. The van der Waals surface area contributed by atoms with Crippen molar-refractivity contribution >= 4 is 18.2 Å². The monoisotopic (exact) mass is 303 g/mol. The zero-order valence-corrected chi connectivity index (χ0v) is 15.4. The van der Waals surface area contributed by atoms with Gasteiger partial charge in [-0.3, -0.25) is 4.99 Å². The Hall–Kier alpha value is -0.280. The Kier molecular flexibility index (Phi) is 6.56. The Bertz CT molecular complexity index is 335. The molecular formula is C16H34ClN3. The normalized spacial score (nSPS) is 21.0. The standard InChI is InChI=1S/C16H33N3.ClH/c1-14(2,3)11-16(7,8)19-13-12(15(4,5)6)17-9-10-18-13;/h12,17H,9-11H2,1-8H3,(H,18,19);1H. The van der Waals surface area contributed by atoms with Crippen molar-refractivity contribution in [3.63, 3.8) is 0 Å². The fourth-order valence-corrected chi connectivity index (χ4v) is 3.12. The summed E-state index contributed by atoms with van der Waals surface area (Å²) in [5.74, 6) is 1.13. The predicted molar refractivity (Wildman–Crippen MR) is 92.1 cm³/mol. The third-order valence-corrected chi connectivity index (χ3v) is 3.32. The molecule has 0 aromatic rings. The number of rotatable bonds is 2. The fraction of sp³-hybridized carbons (Fsp3) is 0.938. The molecule has 0 bridgehead atoms. The van der Waals surface area contributed by atoms with Crippen LogP contribution in [0.4, 0.5) is 0 Å². The number of aliphatic imine (C=N–C) groups is 1. The van der Waals surface area contributed by atoms with Crippen LogP contribution in [0.2, 0.25) is 0 Å². The summed E-state index contributed by atoms with van der Waals surface area (Å²) >= 11 is 0. The summed E-state index contributed by atoms with van der Waals surface area (Å²) < 4.78 is 0. The van der Waals surface area contributed by atoms with Crippen LogP contribution >= 0.6 is 12.4 Å². The Morgan fingerprint density at radius 2 is 1.65 bits per heavy atom. The number of hydrogen-bond acceptors (Lipinski definition) is 3. The van der Waals surface area contributed by atoms with Crippen molar-refractivity contribution in [2.75, 3.05) is 13.1 Å². The van der Waals surface area contributed by atoms with Crippen LogP contribution in [0.5, 0.6) is 0 Å². The van der Waals surface area contributed by atoms with Crippen molar-refractivity contribution in [3.8, 4) is 0 Å². The van der Waals surface area contributed by atoms with E-state index < -0.39 is 0 Å². The van der Waals surface area contributed by atoms with Gasteiger partial charge in [-0.2, -0.15) is 0 Å². The van der Waals surface area contributed by atoms with Gasteiger partial charge < -0.3 is 10.6 Å². The van der Waals surface area contributed by atoms with Gasteiger partial charge in [0.1, 0.15) is 5.84 Å². The first kappa shape index (κ1) is 19.7. The third-order valence-electron chi connectivity index (χ3n) is 3.32. The van der Waals surface area contributed by atoms with Crippen LogP contribution in [0, 0.1) is 10.8 Å². The van der Waals surface area contributed by atoms with Gasteiger partial charge in [-0.1, -0.05) is 41.5 Å². The Balaban J connectivity index is 0.00000361. The minimum absolute atomic E-state index is 0. The molecule has 0 amide bonds. The SMILES string of the molecule is CC(C)(C)CC(C)(C)NC1=NCCNC1C(C)(C)C.Cl. The molecular weight excluding hydrogens is 270 g/mol. The highest BCUT2D eigenvalue weighted by Gasteiger charge is 2.34. The lowest BCUT2D eigenvalue weighted by Gasteiger charge is -2.41. The van der Waals surface area contributed by atoms with Gasteiger partial charge >= 0.3 is 0 Å². The van der Waals surface area contributed by atoms with Crippen LogP contribution in [0.3, 0.4) is 0 Å². The second-order valence-corrected chi connectivity index (χ2v) is 8.77. The molecule has 20 heavy (non-hydrogen) atoms. The first-order valence-corrected chi connectivity index (χ1v) is 7.47. The maximum atomic E-state index is 4.74. The molecule has 0 fully saturated rings. The molecule has 4 heteroatoms. The Labute approximate surface area is 131 Å². The average molecular weight is 304 g/mol. The topological polar surface area (TPSA) is 36.4 Å². The van der Waals surface area contributed by atoms with Crippen molar-refractivity contribution in [1.82, 2.24) is 10.6 Å². The fourth-order valence-electron chi connectivity index (χ4n) is 3.12. The minimum atomic E-state index is 0. The van der Waals surface area contributed by atoms with Gasteiger partial charge in [0.2, 0.25) is 0 Å². The molecule has 1 unspecified atom stereocenters. The van der Waals surface area contributed by atoms with E-state index in [9.17, 15) is 0 Å². The van der Waals surface area contributed by atoms with Crippen molar-refractivity contribution in [2.45, 2.75) is 73.4 Å². The lowest BCUT2D eigenvalue weighted by atomic mass is 9.80. The van der Waals surface area contributed by atoms with Crippen LogP contribution in [-0.2, 0) is 0 Å². The molecule has 0 spiro atoms. The molecule has 1 atom stereocenters. The summed E-state index contributed by atoms with van der Waals surface area (Å²) in [5, 5.41) is 7.30. The van der Waals surface area contributed by atoms with E-state index in [0.29, 0.717) is 11.5 Å². The van der Waals surface area contributed by atoms with E-state index in [4.69, 9.17) is 4.99 Å². The average Bonchev–Trinajstić information content (AvgIpc) is 2.11. The van der Waals surface area contributed by atoms with Crippen LogP contribution in [0.15, 0.2) is 4.99 Å². The Morgan fingerprint density at radius 1 is 1.10 bits per heavy atom. The van der Waals surface area contributed by atoms with Crippen molar-refractivity contribution in [3.05, 3.63) is 0 Å². The van der Waals surface area contributed by atoms with E-state index in [-0.39, 0.29) is 23.4 Å². The van der Waals surface area contributed by atoms with Crippen LogP contribution < -0.4 is 10.6 Å². The van der Waals surface area contributed by atoms with E-state index in [1.807, 2.05) is 0 Å². The quantitative estimate of drug-likeness (QED) is 0.817. The highest BCUT2D eigenvalue weighted by Crippen LogP contribution is 2.28. The Morgan fingerprint density at radius 3 is 2.10 bits per heavy atom. The number of amidine groups is 1. The summed E-state index contributed by atoms with van der Waals surface area (Å²) in [4.78, 5) is 4.74. The third kappa shape index (κ3) is 6.45. The first-order valence-electron chi connectivity index (χ1n) is 7.47. The van der Waals surface area contributed by atoms with Gasteiger partial charge in [0.25, 0.3) is 0 Å². The predicted octanol–water partition coefficient (Wildman–Crippen LogP) is 3.63. The largest absolute Gasteiger partial charge is 0.368 e. The van der Waals surface area contributed by atoms with Crippen molar-refractivity contribution in [1.29, 1.82) is 0 Å². The van der Waals surface area contributed by atoms with E-state index in [1.54, 1.807) is 0 Å². The second kappa shape index (κ2) is 6.65. The molecule has 1 aliphatic rings. The summed E-state index contributed by atoms with van der Waals surface area (Å²) in [7, 11) is 0. The zero-order chi connectivity index (χ0) is 14.9. The zero-order valence-electron chi connectivity index (χ0n) is 14.6. The summed E-state index contributed by atoms with van der Waals surface area (Å²) in [6.45, 7) is 20.1. The molecule has 1 rings (SSSR count). The minimum Gasteiger partial charge on any atom is -0.368 e. The molecule has 0 saturated carbocycles. The van der Waals surface area contributed by atoms with E-state index in [1.165, 1.54) is 0 Å². The van der Waals surface area contributed by atoms with Gasteiger partial charge in [-0.05, 0) is 31.1 Å². The van der Waals surface area contributed by atoms with Gasteiger partial charge in [0.05, 0.1) is 12.6 Å². The molecule has 1 aliphatic heterocycles. The molecule has 0 aromatic heterocycles. The molecule has 2 N–H and O–H groups in total. The highest BCUT2D eigenvalue weighted by atomic mass is 35.5. The molecule has 0 aromatic carbocycles. The number of nitrogens with zero attached hydrogens (tertiary/aromatic N) is 1. The van der Waals surface area contributed by atoms with Gasteiger partial charge in [0, 0.05) is 12.1 Å². The maximum Gasteiger partial charge on any atom is 0.115 e. The van der Waals surface area contributed by atoms with Crippen LogP contribution in [0.1, 0.15) is 61.8 Å². The van der Waals surface area contributed by atoms with Crippen LogP contribution in [-0.4, -0.2) is 30.5 Å².